The van der Waals surface area contributed by atoms with Crippen LogP contribution in [0.5, 0.6) is 0 Å². The van der Waals surface area contributed by atoms with Crippen molar-refractivity contribution in [1.29, 1.82) is 0 Å². The largest absolute Gasteiger partial charge is 0.465 e. The second-order valence-electron chi connectivity index (χ2n) is 4.93. The Labute approximate surface area is 147 Å². The molecule has 0 saturated heterocycles. The fourth-order valence-electron chi connectivity index (χ4n) is 1.91. The van der Waals surface area contributed by atoms with Gasteiger partial charge in [0.05, 0.1) is 28.4 Å². The third kappa shape index (κ3) is 4.56. The molecule has 5 nitrogen and oxygen atoms in total. The van der Waals surface area contributed by atoms with Crippen LogP contribution >= 0.6 is 23.1 Å². The number of thioether (sulfide) groups is 1. The Morgan fingerprint density at radius 1 is 1.38 bits per heavy atom. The fourth-order valence-corrected chi connectivity index (χ4v) is 3.77. The Morgan fingerprint density at radius 3 is 3.04 bits per heavy atom. The first kappa shape index (κ1) is 16.5. The molecule has 0 unspecified atom stereocenters. The van der Waals surface area contributed by atoms with Gasteiger partial charge in [0, 0.05) is 0 Å². The lowest BCUT2D eigenvalue weighted by molar-refractivity contribution is -0.118. The highest BCUT2D eigenvalue weighted by molar-refractivity contribution is 8.01. The molecule has 122 valence electrons. The number of rotatable bonds is 6. The van der Waals surface area contributed by atoms with E-state index in [1.54, 1.807) is 23.8 Å². The Bertz CT molecular complexity index is 849. The number of carbonyl (C=O) groups excluding carboxylic acids is 1. The number of allylic oxidation sites excluding steroid dienone is 1. The van der Waals surface area contributed by atoms with Crippen LogP contribution in [0.25, 0.3) is 16.3 Å². The zero-order valence-electron chi connectivity index (χ0n) is 12.9. The van der Waals surface area contributed by atoms with Gasteiger partial charge in [-0.1, -0.05) is 23.9 Å². The van der Waals surface area contributed by atoms with E-state index in [0.29, 0.717) is 0 Å². The van der Waals surface area contributed by atoms with Gasteiger partial charge in [-0.25, -0.2) is 10.4 Å². The van der Waals surface area contributed by atoms with Crippen molar-refractivity contribution >= 4 is 51.5 Å². The maximum atomic E-state index is 11.8. The summed E-state index contributed by atoms with van der Waals surface area (Å²) < 4.78 is 7.21. The predicted octanol–water partition coefficient (Wildman–Crippen LogP) is 4.19. The number of aromatic nitrogens is 1. The third-order valence-corrected chi connectivity index (χ3v) is 5.15. The smallest absolute Gasteiger partial charge is 0.250 e. The first-order chi connectivity index (χ1) is 11.7. The summed E-state index contributed by atoms with van der Waals surface area (Å²) in [5.41, 5.74) is 4.35. The monoisotopic (exact) mass is 357 g/mol. The number of nitrogens with one attached hydrogen (secondary N) is 1. The summed E-state index contributed by atoms with van der Waals surface area (Å²) in [7, 11) is 0. The average molecular weight is 357 g/mol. The summed E-state index contributed by atoms with van der Waals surface area (Å²) in [6.45, 7) is 1.88. The van der Waals surface area contributed by atoms with Crippen LogP contribution in [0.3, 0.4) is 0 Å². The Balaban J connectivity index is 1.48. The zero-order chi connectivity index (χ0) is 16.8. The molecule has 7 heteroatoms. The van der Waals surface area contributed by atoms with Crippen molar-refractivity contribution in [1.82, 2.24) is 10.4 Å². The average Bonchev–Trinajstić information content (AvgIpc) is 3.21. The van der Waals surface area contributed by atoms with E-state index in [4.69, 9.17) is 4.42 Å². The van der Waals surface area contributed by atoms with E-state index in [0.717, 1.165) is 25.9 Å². The van der Waals surface area contributed by atoms with Crippen LogP contribution in [0.15, 0.2) is 62.1 Å². The molecule has 0 aliphatic carbocycles. The standard InChI is InChI=1S/C17H15N3O2S2/c1-12(9-13-5-4-8-22-13)10-18-20-16(21)11-23-17-19-14-6-2-3-7-15(14)24-17/h2-10H,11H2,1H3,(H,20,21). The molecule has 2 aromatic heterocycles. The molecule has 0 saturated carbocycles. The lowest BCUT2D eigenvalue weighted by Gasteiger charge is -1.97. The van der Waals surface area contributed by atoms with Gasteiger partial charge in [-0.05, 0) is 42.8 Å². The van der Waals surface area contributed by atoms with Crippen molar-refractivity contribution in [3.63, 3.8) is 0 Å². The van der Waals surface area contributed by atoms with Gasteiger partial charge in [0.15, 0.2) is 4.34 Å². The number of nitrogens with zero attached hydrogens (tertiary/aromatic N) is 2. The second-order valence-corrected chi connectivity index (χ2v) is 7.19. The van der Waals surface area contributed by atoms with Gasteiger partial charge in [0.1, 0.15) is 5.76 Å². The van der Waals surface area contributed by atoms with E-state index in [-0.39, 0.29) is 11.7 Å². The van der Waals surface area contributed by atoms with Crippen LogP contribution in [0.1, 0.15) is 12.7 Å². The summed E-state index contributed by atoms with van der Waals surface area (Å²) in [5.74, 6) is 0.857. The molecule has 0 fully saturated rings. The summed E-state index contributed by atoms with van der Waals surface area (Å²) in [5, 5.41) is 3.94. The van der Waals surface area contributed by atoms with Gasteiger partial charge in [0.2, 0.25) is 0 Å². The number of thiazole rings is 1. The lowest BCUT2D eigenvalue weighted by Crippen LogP contribution is -2.19. The van der Waals surface area contributed by atoms with E-state index in [2.05, 4.69) is 15.5 Å². The Morgan fingerprint density at radius 2 is 2.25 bits per heavy atom. The quantitative estimate of drug-likeness (QED) is 0.408. The molecular weight excluding hydrogens is 342 g/mol. The maximum absolute atomic E-state index is 11.8. The molecule has 3 aromatic rings. The third-order valence-electron chi connectivity index (χ3n) is 2.97. The number of furan rings is 1. The van der Waals surface area contributed by atoms with E-state index in [1.165, 1.54) is 11.8 Å². The number of carbonyl (C=O) groups is 1. The molecule has 0 radical (unpaired) electrons. The molecule has 0 atom stereocenters. The van der Waals surface area contributed by atoms with E-state index in [9.17, 15) is 4.79 Å². The molecule has 1 aromatic carbocycles. The van der Waals surface area contributed by atoms with Crippen molar-refractivity contribution in [2.75, 3.05) is 5.75 Å². The van der Waals surface area contributed by atoms with Gasteiger partial charge >= 0.3 is 0 Å². The Hall–Kier alpha value is -2.38. The first-order valence-electron chi connectivity index (χ1n) is 7.23. The number of amides is 1. The van der Waals surface area contributed by atoms with Crippen LogP contribution in [-0.2, 0) is 4.79 Å². The van der Waals surface area contributed by atoms with Gasteiger partial charge < -0.3 is 4.42 Å². The minimum Gasteiger partial charge on any atom is -0.465 e. The first-order valence-corrected chi connectivity index (χ1v) is 9.03. The van der Waals surface area contributed by atoms with Crippen molar-refractivity contribution in [3.05, 3.63) is 54.0 Å². The number of hydrogen-bond donors (Lipinski definition) is 1. The maximum Gasteiger partial charge on any atom is 0.250 e. The van der Waals surface area contributed by atoms with Crippen LogP contribution in [0.4, 0.5) is 0 Å². The SMILES string of the molecule is CC(C=NNC(=O)CSc1nc2ccccc2s1)=Cc1ccco1. The van der Waals surface area contributed by atoms with Crippen molar-refractivity contribution < 1.29 is 9.21 Å². The van der Waals surface area contributed by atoms with E-state index >= 15 is 0 Å². The Kier molecular flexibility index (Phi) is 5.45. The molecule has 1 amide bonds. The van der Waals surface area contributed by atoms with Crippen LogP contribution < -0.4 is 5.43 Å². The molecule has 2 heterocycles. The fraction of sp³-hybridized carbons (Fsp3) is 0.118. The number of hydrazone groups is 1. The molecule has 24 heavy (non-hydrogen) atoms. The molecule has 0 spiro atoms. The lowest BCUT2D eigenvalue weighted by atomic mass is 10.3. The van der Waals surface area contributed by atoms with Crippen molar-refractivity contribution in [2.24, 2.45) is 5.10 Å². The highest BCUT2D eigenvalue weighted by atomic mass is 32.2. The highest BCUT2D eigenvalue weighted by Gasteiger charge is 2.06. The van der Waals surface area contributed by atoms with Gasteiger partial charge in [-0.3, -0.25) is 4.79 Å². The predicted molar refractivity (Wildman–Crippen MR) is 99.3 cm³/mol. The molecule has 0 bridgehead atoms. The molecule has 0 aliphatic heterocycles. The number of benzene rings is 1. The summed E-state index contributed by atoms with van der Waals surface area (Å²) in [6.07, 6.45) is 5.03. The minimum absolute atomic E-state index is 0.165. The van der Waals surface area contributed by atoms with Gasteiger partial charge in [-0.15, -0.1) is 11.3 Å². The highest BCUT2D eigenvalue weighted by Crippen LogP contribution is 2.28. The van der Waals surface area contributed by atoms with Crippen LogP contribution in [0, 0.1) is 0 Å². The topological polar surface area (TPSA) is 67.5 Å². The van der Waals surface area contributed by atoms with E-state index < -0.39 is 0 Å². The van der Waals surface area contributed by atoms with Crippen LogP contribution in [-0.4, -0.2) is 22.9 Å². The van der Waals surface area contributed by atoms with Crippen molar-refractivity contribution in [3.8, 4) is 0 Å². The molecule has 0 aliphatic rings. The molecular formula is C17H15N3O2S2. The minimum atomic E-state index is -0.165. The number of fused-ring (bicyclic) bond motifs is 1. The summed E-state index contributed by atoms with van der Waals surface area (Å²) in [6, 6.07) is 11.6. The van der Waals surface area contributed by atoms with Crippen LogP contribution in [0.2, 0.25) is 0 Å². The van der Waals surface area contributed by atoms with E-state index in [1.807, 2.05) is 49.4 Å². The van der Waals surface area contributed by atoms with Gasteiger partial charge in [-0.2, -0.15) is 5.10 Å². The van der Waals surface area contributed by atoms with Gasteiger partial charge in [0.25, 0.3) is 5.91 Å². The molecule has 1 N–H and O–H groups in total. The number of para-hydroxylation sites is 1. The second kappa shape index (κ2) is 7.94. The zero-order valence-corrected chi connectivity index (χ0v) is 14.6. The molecule has 3 rings (SSSR count). The summed E-state index contributed by atoms with van der Waals surface area (Å²) >= 11 is 2.99. The normalized spacial score (nSPS) is 12.1. The summed E-state index contributed by atoms with van der Waals surface area (Å²) in [4.78, 5) is 16.3. The van der Waals surface area contributed by atoms with Crippen molar-refractivity contribution in [2.45, 2.75) is 11.3 Å². The number of hydrogen-bond acceptors (Lipinski definition) is 6.